The molecule has 0 aliphatic rings. The molecule has 22 nitrogen and oxygen atoms in total. The van der Waals surface area contributed by atoms with Crippen LogP contribution >= 0.6 is 0 Å². The smallest absolute Gasteiger partial charge is 0.652 e. The van der Waals surface area contributed by atoms with Crippen molar-refractivity contribution in [1.82, 2.24) is 44.8 Å². The number of benzene rings is 4. The first-order valence-corrected chi connectivity index (χ1v) is 23.8. The number of nitrogens with zero attached hydrogens (tertiary/aromatic N) is 9. The van der Waals surface area contributed by atoms with Gasteiger partial charge in [0.2, 0.25) is 6.41 Å². The van der Waals surface area contributed by atoms with Crippen molar-refractivity contribution in [1.29, 1.82) is 0 Å². The summed E-state index contributed by atoms with van der Waals surface area (Å²) in [5, 5.41) is 25.8. The minimum atomic E-state index is -4.94. The molecule has 0 unspecified atom stereocenters. The summed E-state index contributed by atoms with van der Waals surface area (Å²) >= 11 is 0. The molecule has 408 valence electrons. The molecule has 2 N–H and O–H groups in total. The Hall–Kier alpha value is -7.84. The number of rotatable bonds is 1. The van der Waals surface area contributed by atoms with E-state index in [0.717, 1.165) is 93.6 Å². The summed E-state index contributed by atoms with van der Waals surface area (Å²) in [6, 6.07) is 48.6. The van der Waals surface area contributed by atoms with E-state index in [1.807, 2.05) is 48.5 Å². The van der Waals surface area contributed by atoms with Crippen LogP contribution in [0.15, 0.2) is 195 Å². The van der Waals surface area contributed by atoms with Gasteiger partial charge < -0.3 is 25.4 Å². The van der Waals surface area contributed by atoms with Crippen molar-refractivity contribution in [3.05, 3.63) is 195 Å². The second kappa shape index (κ2) is 32.7. The maximum atomic E-state index is 9.43. The van der Waals surface area contributed by atoms with Gasteiger partial charge in [-0.2, -0.15) is 0 Å². The molecule has 0 aliphatic carbocycles. The maximum Gasteiger partial charge on any atom is 2.00 e. The fourth-order valence-electron chi connectivity index (χ4n) is 6.72. The maximum absolute atomic E-state index is 9.43. The first-order valence-electron chi connectivity index (χ1n) is 21.4. The van der Waals surface area contributed by atoms with E-state index in [2.05, 4.69) is 137 Å². The van der Waals surface area contributed by atoms with Crippen LogP contribution in [-0.4, -0.2) is 76.9 Å². The Bertz CT molecular complexity index is 3110. The summed E-state index contributed by atoms with van der Waals surface area (Å²) in [7, 11) is -6.51. The molecule has 0 spiro atoms. The number of aromatic nitrogens is 8. The van der Waals surface area contributed by atoms with Gasteiger partial charge in [-0.05, 0) is 54.7 Å². The minimum Gasteiger partial charge on any atom is -0.652 e. The van der Waals surface area contributed by atoms with Gasteiger partial charge in [0.15, 0.2) is 0 Å². The predicted octanol–water partition coefficient (Wildman–Crippen LogP) is -1.95. The van der Waals surface area contributed by atoms with Crippen LogP contribution in [0.25, 0.3) is 87.2 Å². The Balaban J connectivity index is 0.000000317. The molecular weight excluding hydrogens is 1160 g/mol. The number of carbonyl (C=O) groups excluding carboxylic acids is 2. The zero-order chi connectivity index (χ0) is 54.4. The molecule has 0 atom stereocenters. The summed E-state index contributed by atoms with van der Waals surface area (Å²) in [6.07, 6.45) is 12.8. The van der Waals surface area contributed by atoms with Crippen molar-refractivity contribution in [2.24, 2.45) is 0 Å². The fraction of sp³-hybridized carbons (Fsp3) is 0.0385. The molecule has 12 aromatic rings. The SMILES string of the molecule is CN(C)C=O.O.O=C([O-])[O-].[Cu+2].[Cu+2].[O-][Cl+3]([O-])([O-])[O-].[O-][Cl+3]([O-])([O-])[O-].c1cnc2c(c1)ccc1cccnc12.c1cnc2c(c1)ccc1cccnc12.c1cnc2c(c1)ccc1cccnc12.c1cnc2c(c1)ccc1cccnc12. The fourth-order valence-corrected chi connectivity index (χ4v) is 6.72. The van der Waals surface area contributed by atoms with E-state index in [9.17, 15) is 4.79 Å². The second-order valence-electron chi connectivity index (χ2n) is 14.9. The molecule has 0 bridgehead atoms. The molecule has 2 radical (unpaired) electrons. The normalized spacial score (nSPS) is 10.1. The third-order valence-electron chi connectivity index (χ3n) is 9.59. The van der Waals surface area contributed by atoms with Crippen LogP contribution in [0.5, 0.6) is 0 Å². The average molecular weight is 1200 g/mol. The number of hydrogen-bond donors (Lipinski definition) is 0. The summed E-state index contributed by atoms with van der Waals surface area (Å²) in [5.41, 5.74) is 7.82. The van der Waals surface area contributed by atoms with E-state index in [-0.39, 0.29) is 39.6 Å². The van der Waals surface area contributed by atoms with Gasteiger partial charge in [0.25, 0.3) is 0 Å². The third-order valence-corrected chi connectivity index (χ3v) is 9.59. The Labute approximate surface area is 468 Å². The zero-order valence-electron chi connectivity index (χ0n) is 40.3. The topological polar surface area (TPSA) is 403 Å². The number of carboxylic acid groups (broad SMARTS) is 2. The number of fused-ring (bicyclic) bond motifs is 12. The monoisotopic (exact) mass is 1200 g/mol. The Morgan fingerprint density at radius 3 is 0.538 bits per heavy atom. The number of hydrogen-bond acceptors (Lipinski definition) is 20. The molecule has 0 saturated carbocycles. The van der Waals surface area contributed by atoms with Gasteiger partial charge in [-0.25, -0.2) is 37.3 Å². The molecule has 0 fully saturated rings. The molecule has 12 rings (SSSR count). The third kappa shape index (κ3) is 22.0. The first-order chi connectivity index (χ1) is 35.8. The van der Waals surface area contributed by atoms with Gasteiger partial charge in [0, 0.05) is 107 Å². The first kappa shape index (κ1) is 66.3. The summed E-state index contributed by atoms with van der Waals surface area (Å²) < 4.78 is 67.9. The van der Waals surface area contributed by atoms with Crippen molar-refractivity contribution in [3.8, 4) is 0 Å². The van der Waals surface area contributed by atoms with Gasteiger partial charge in [-0.15, -0.1) is 20.5 Å². The minimum absolute atomic E-state index is 0. The van der Waals surface area contributed by atoms with Crippen LogP contribution in [0.4, 0.5) is 4.79 Å². The number of amides is 1. The average Bonchev–Trinajstić information content (AvgIpc) is 3.41. The van der Waals surface area contributed by atoms with Crippen molar-refractivity contribution >= 4 is 99.8 Å². The largest absolute Gasteiger partial charge is 2.00 e. The van der Waals surface area contributed by atoms with E-state index >= 15 is 0 Å². The molecule has 26 heteroatoms. The molecule has 0 aliphatic heterocycles. The van der Waals surface area contributed by atoms with E-state index in [0.29, 0.717) is 0 Å². The number of carbonyl (C=O) groups is 2. The Kier molecular flexibility index (Phi) is 27.8. The molecule has 0 saturated heterocycles. The standard InChI is InChI=1S/4C12H8N2.C3H7NO.CH2O3.2ClHO4.2Cu.H2O/c4*1-3-9-5-6-10-4-2-8-14-12(10)11(9)13-7-1;1-4(2)3-5;2-1(3)4;2*2-1(3,4)5;;;/h4*1-8H;3H,1-2H3;(H2,2,3,4);2*(H,2,3,4,5);;;1H2/q;;;;;;;;2*+2;/p-4. The van der Waals surface area contributed by atoms with Crippen LogP contribution in [0.1, 0.15) is 0 Å². The van der Waals surface area contributed by atoms with Gasteiger partial charge >= 0.3 is 34.1 Å². The molecule has 1 amide bonds. The van der Waals surface area contributed by atoms with E-state index in [4.69, 9.17) is 52.3 Å². The van der Waals surface area contributed by atoms with E-state index < -0.39 is 26.6 Å². The van der Waals surface area contributed by atoms with Gasteiger partial charge in [-0.1, -0.05) is 97.1 Å². The molecule has 78 heavy (non-hydrogen) atoms. The summed E-state index contributed by atoms with van der Waals surface area (Å²) in [4.78, 5) is 54.0. The van der Waals surface area contributed by atoms with Gasteiger partial charge in [-0.3, -0.25) is 44.7 Å². The van der Waals surface area contributed by atoms with E-state index in [1.54, 1.807) is 63.7 Å². The second-order valence-corrected chi connectivity index (χ2v) is 16.5. The van der Waals surface area contributed by atoms with E-state index in [1.165, 1.54) is 4.90 Å². The zero-order valence-corrected chi connectivity index (χ0v) is 43.7. The molecule has 4 aromatic carbocycles. The van der Waals surface area contributed by atoms with Crippen LogP contribution < -0.4 is 47.5 Å². The van der Waals surface area contributed by atoms with Crippen molar-refractivity contribution in [3.63, 3.8) is 0 Å². The Morgan fingerprint density at radius 2 is 0.449 bits per heavy atom. The summed E-state index contributed by atoms with van der Waals surface area (Å²) in [6.45, 7) is 0. The quantitative estimate of drug-likeness (QED) is 0.0979. The van der Waals surface area contributed by atoms with Crippen molar-refractivity contribution in [2.75, 3.05) is 14.1 Å². The van der Waals surface area contributed by atoms with Crippen molar-refractivity contribution in [2.45, 2.75) is 0 Å². The predicted molar refractivity (Wildman–Crippen MR) is 257 cm³/mol. The van der Waals surface area contributed by atoms with Crippen LogP contribution in [0.2, 0.25) is 0 Å². The van der Waals surface area contributed by atoms with Crippen LogP contribution in [0, 0.1) is 20.5 Å². The van der Waals surface area contributed by atoms with Gasteiger partial charge in [0.05, 0.1) is 44.1 Å². The Morgan fingerprint density at radius 1 is 0.346 bits per heavy atom. The number of pyridine rings is 8. The number of halogens is 2. The van der Waals surface area contributed by atoms with Crippen LogP contribution in [0.3, 0.4) is 0 Å². The van der Waals surface area contributed by atoms with Gasteiger partial charge in [0.1, 0.15) is 0 Å². The van der Waals surface area contributed by atoms with Crippen molar-refractivity contribution < 1.29 is 117 Å². The molecule has 8 heterocycles. The molecular formula is C52H41Cl2Cu2N9O13. The molecule has 8 aromatic heterocycles. The summed E-state index contributed by atoms with van der Waals surface area (Å²) in [5.74, 6) is 0. The van der Waals surface area contributed by atoms with Crippen LogP contribution in [-0.2, 0) is 38.9 Å².